The molecule has 0 bridgehead atoms. The molecule has 2 aromatic rings. The summed E-state index contributed by atoms with van der Waals surface area (Å²) in [5.41, 5.74) is 2.19. The van der Waals surface area contributed by atoms with E-state index in [0.29, 0.717) is 0 Å². The van der Waals surface area contributed by atoms with Crippen molar-refractivity contribution in [2.75, 3.05) is 0 Å². The predicted octanol–water partition coefficient (Wildman–Crippen LogP) is 4.19. The van der Waals surface area contributed by atoms with Crippen LogP contribution in [0, 0.1) is 11.3 Å². The second kappa shape index (κ2) is 5.52. The third kappa shape index (κ3) is 3.09. The second-order valence-corrected chi connectivity index (χ2v) is 4.36. The number of nitriles is 1. The monoisotopic (exact) mass is 241 g/mol. The Bertz CT molecular complexity index is 511. The molecule has 0 spiro atoms. The molecule has 2 heteroatoms. The van der Waals surface area contributed by atoms with Crippen molar-refractivity contribution in [1.29, 1.82) is 5.26 Å². The van der Waals surface area contributed by atoms with Crippen LogP contribution in [-0.2, 0) is 6.42 Å². The molecule has 0 aliphatic rings. The summed E-state index contributed by atoms with van der Waals surface area (Å²) in [7, 11) is 0. The summed E-state index contributed by atoms with van der Waals surface area (Å²) in [5, 5.41) is 9.94. The van der Waals surface area contributed by atoms with Crippen LogP contribution in [0.5, 0.6) is 0 Å². The van der Waals surface area contributed by atoms with Crippen LogP contribution in [0.4, 0.5) is 0 Å². The topological polar surface area (TPSA) is 23.8 Å². The minimum Gasteiger partial charge on any atom is -0.198 e. The Hall–Kier alpha value is -1.78. The third-order valence-electron chi connectivity index (χ3n) is 2.71. The van der Waals surface area contributed by atoms with Crippen molar-refractivity contribution in [3.05, 3.63) is 70.7 Å². The highest BCUT2D eigenvalue weighted by molar-refractivity contribution is 6.30. The summed E-state index contributed by atoms with van der Waals surface area (Å²) >= 11 is 5.83. The highest BCUT2D eigenvalue weighted by atomic mass is 35.5. The van der Waals surface area contributed by atoms with Crippen LogP contribution in [0.15, 0.2) is 54.6 Å². The van der Waals surface area contributed by atoms with Gasteiger partial charge in [-0.15, -0.1) is 0 Å². The number of rotatable bonds is 3. The largest absolute Gasteiger partial charge is 0.198 e. The molecule has 0 fully saturated rings. The van der Waals surface area contributed by atoms with Crippen LogP contribution >= 0.6 is 11.6 Å². The van der Waals surface area contributed by atoms with Crippen molar-refractivity contribution in [2.24, 2.45) is 0 Å². The molecular formula is C15H12ClN. The van der Waals surface area contributed by atoms with Gasteiger partial charge in [-0.2, -0.15) is 5.26 Å². The Morgan fingerprint density at radius 2 is 1.65 bits per heavy atom. The molecule has 2 aromatic carbocycles. The Balaban J connectivity index is 2.17. The molecule has 0 aliphatic carbocycles. The number of halogens is 1. The molecule has 0 aliphatic heterocycles. The molecule has 0 saturated heterocycles. The standard InChI is InChI=1S/C15H12ClN/c16-15-8-6-12(7-9-15)10-14(11-17)13-4-2-1-3-5-13/h1-9,14H,10H2. The molecule has 1 atom stereocenters. The molecule has 0 radical (unpaired) electrons. The van der Waals surface area contributed by atoms with Crippen LogP contribution in [0.25, 0.3) is 0 Å². The van der Waals surface area contributed by atoms with E-state index in [9.17, 15) is 5.26 Å². The minimum atomic E-state index is -0.0997. The van der Waals surface area contributed by atoms with Gasteiger partial charge in [-0.3, -0.25) is 0 Å². The first-order valence-electron chi connectivity index (χ1n) is 5.48. The summed E-state index contributed by atoms with van der Waals surface area (Å²) in [6.45, 7) is 0. The molecule has 84 valence electrons. The van der Waals surface area contributed by atoms with Gasteiger partial charge in [-0.25, -0.2) is 0 Å². The van der Waals surface area contributed by atoms with Gasteiger partial charge in [-0.05, 0) is 29.7 Å². The average molecular weight is 242 g/mol. The van der Waals surface area contributed by atoms with Gasteiger partial charge in [0.05, 0.1) is 12.0 Å². The molecule has 17 heavy (non-hydrogen) atoms. The van der Waals surface area contributed by atoms with Crippen LogP contribution in [0.2, 0.25) is 5.02 Å². The van der Waals surface area contributed by atoms with Gasteiger partial charge in [0.25, 0.3) is 0 Å². The number of benzene rings is 2. The summed E-state index contributed by atoms with van der Waals surface area (Å²) in [5.74, 6) is -0.0997. The van der Waals surface area contributed by atoms with E-state index in [1.807, 2.05) is 54.6 Å². The highest BCUT2D eigenvalue weighted by Gasteiger charge is 2.10. The first-order chi connectivity index (χ1) is 8.29. The zero-order valence-electron chi connectivity index (χ0n) is 9.31. The van der Waals surface area contributed by atoms with E-state index < -0.39 is 0 Å². The fraction of sp³-hybridized carbons (Fsp3) is 0.133. The fourth-order valence-electron chi connectivity index (χ4n) is 1.78. The Morgan fingerprint density at radius 1 is 1.00 bits per heavy atom. The normalized spacial score (nSPS) is 11.8. The quantitative estimate of drug-likeness (QED) is 0.791. The minimum absolute atomic E-state index is 0.0997. The molecule has 0 amide bonds. The molecule has 0 heterocycles. The molecule has 2 rings (SSSR count). The molecule has 0 N–H and O–H groups in total. The lowest BCUT2D eigenvalue weighted by Gasteiger charge is -2.09. The first-order valence-corrected chi connectivity index (χ1v) is 5.86. The van der Waals surface area contributed by atoms with E-state index in [1.165, 1.54) is 0 Å². The van der Waals surface area contributed by atoms with Gasteiger partial charge in [0, 0.05) is 5.02 Å². The van der Waals surface area contributed by atoms with Crippen molar-refractivity contribution in [1.82, 2.24) is 0 Å². The summed E-state index contributed by atoms with van der Waals surface area (Å²) in [6, 6.07) is 19.9. The number of hydrogen-bond donors (Lipinski definition) is 0. The molecular weight excluding hydrogens is 230 g/mol. The number of hydrogen-bond acceptors (Lipinski definition) is 1. The van der Waals surface area contributed by atoms with Crippen molar-refractivity contribution in [3.8, 4) is 6.07 Å². The zero-order valence-corrected chi connectivity index (χ0v) is 10.1. The van der Waals surface area contributed by atoms with Crippen LogP contribution in [0.1, 0.15) is 17.0 Å². The Labute approximate surface area is 106 Å². The van der Waals surface area contributed by atoms with E-state index in [-0.39, 0.29) is 5.92 Å². The van der Waals surface area contributed by atoms with E-state index in [0.717, 1.165) is 22.6 Å². The lowest BCUT2D eigenvalue weighted by atomic mass is 9.93. The summed E-state index contributed by atoms with van der Waals surface area (Å²) < 4.78 is 0. The van der Waals surface area contributed by atoms with E-state index in [4.69, 9.17) is 11.6 Å². The van der Waals surface area contributed by atoms with E-state index >= 15 is 0 Å². The lowest BCUT2D eigenvalue weighted by molar-refractivity contribution is 0.849. The van der Waals surface area contributed by atoms with Crippen LogP contribution in [0.3, 0.4) is 0 Å². The highest BCUT2D eigenvalue weighted by Crippen LogP contribution is 2.21. The van der Waals surface area contributed by atoms with Crippen molar-refractivity contribution in [3.63, 3.8) is 0 Å². The average Bonchev–Trinajstić information content (AvgIpc) is 2.39. The van der Waals surface area contributed by atoms with Gasteiger partial charge >= 0.3 is 0 Å². The summed E-state index contributed by atoms with van der Waals surface area (Å²) in [6.07, 6.45) is 0.720. The van der Waals surface area contributed by atoms with Gasteiger partial charge in [0.1, 0.15) is 0 Å². The number of nitrogens with zero attached hydrogens (tertiary/aromatic N) is 1. The van der Waals surface area contributed by atoms with Crippen molar-refractivity contribution < 1.29 is 0 Å². The molecule has 0 aromatic heterocycles. The van der Waals surface area contributed by atoms with E-state index in [1.54, 1.807) is 0 Å². The fourth-order valence-corrected chi connectivity index (χ4v) is 1.91. The predicted molar refractivity (Wildman–Crippen MR) is 70.0 cm³/mol. The molecule has 1 nitrogen and oxygen atoms in total. The first kappa shape index (κ1) is 11.7. The lowest BCUT2D eigenvalue weighted by Crippen LogP contribution is -1.99. The smallest absolute Gasteiger partial charge is 0.0753 e. The van der Waals surface area contributed by atoms with Gasteiger partial charge in [0.2, 0.25) is 0 Å². The molecule has 0 saturated carbocycles. The zero-order chi connectivity index (χ0) is 12.1. The maximum Gasteiger partial charge on any atom is 0.0753 e. The second-order valence-electron chi connectivity index (χ2n) is 3.92. The van der Waals surface area contributed by atoms with Crippen LogP contribution in [-0.4, -0.2) is 0 Å². The van der Waals surface area contributed by atoms with Crippen molar-refractivity contribution >= 4 is 11.6 Å². The van der Waals surface area contributed by atoms with E-state index in [2.05, 4.69) is 6.07 Å². The third-order valence-corrected chi connectivity index (χ3v) is 2.96. The van der Waals surface area contributed by atoms with Gasteiger partial charge in [-0.1, -0.05) is 54.1 Å². The maximum absolute atomic E-state index is 9.22. The van der Waals surface area contributed by atoms with Gasteiger partial charge in [0.15, 0.2) is 0 Å². The Morgan fingerprint density at radius 3 is 2.24 bits per heavy atom. The van der Waals surface area contributed by atoms with Crippen molar-refractivity contribution in [2.45, 2.75) is 12.3 Å². The molecule has 1 unspecified atom stereocenters. The van der Waals surface area contributed by atoms with Crippen LogP contribution < -0.4 is 0 Å². The maximum atomic E-state index is 9.22. The Kier molecular flexibility index (Phi) is 3.80. The van der Waals surface area contributed by atoms with Gasteiger partial charge < -0.3 is 0 Å². The SMILES string of the molecule is N#CC(Cc1ccc(Cl)cc1)c1ccccc1. The summed E-state index contributed by atoms with van der Waals surface area (Å²) in [4.78, 5) is 0.